The Hall–Kier alpha value is -2.24. The van der Waals surface area contributed by atoms with E-state index < -0.39 is 11.9 Å². The second-order valence-corrected chi connectivity index (χ2v) is 2.62. The number of nitrogens with zero attached hydrogens (tertiary/aromatic N) is 2. The molecule has 0 amide bonds. The van der Waals surface area contributed by atoms with Gasteiger partial charge in [0.1, 0.15) is 0 Å². The lowest BCUT2D eigenvalue weighted by atomic mass is 10.2. The van der Waals surface area contributed by atoms with Crippen molar-refractivity contribution in [2.24, 2.45) is 10.4 Å². The third-order valence-corrected chi connectivity index (χ3v) is 1.44. The highest BCUT2D eigenvalue weighted by molar-refractivity contribution is 5.87. The zero-order valence-electron chi connectivity index (χ0n) is 7.88. The summed E-state index contributed by atoms with van der Waals surface area (Å²) in [4.78, 5) is 25.0. The molecule has 0 fully saturated rings. The first kappa shape index (κ1) is 10.8. The number of carbonyl (C=O) groups excluding carboxylic acids is 1. The number of benzene rings is 1. The highest BCUT2D eigenvalue weighted by atomic mass is 16.7. The lowest BCUT2D eigenvalue weighted by Crippen LogP contribution is -1.94. The van der Waals surface area contributed by atoms with Gasteiger partial charge in [0.2, 0.25) is 0 Å². The molecule has 0 aromatic heterocycles. The normalized spacial score (nSPS) is 10.2. The van der Waals surface area contributed by atoms with E-state index in [0.717, 1.165) is 0 Å². The number of rotatable bonds is 3. The zero-order chi connectivity index (χ0) is 11.3. The van der Waals surface area contributed by atoms with E-state index in [1.165, 1.54) is 31.2 Å². The van der Waals surface area contributed by atoms with Gasteiger partial charge in [-0.2, -0.15) is 0 Å². The largest absolute Gasteiger partial charge is 0.478 e. The topological polar surface area (TPSA) is 88.3 Å². The molecule has 6 nitrogen and oxygen atoms in total. The van der Waals surface area contributed by atoms with E-state index in [2.05, 4.69) is 15.2 Å². The van der Waals surface area contributed by atoms with Crippen LogP contribution in [0.3, 0.4) is 0 Å². The molecular formula is C9H8N2O4. The molecule has 15 heavy (non-hydrogen) atoms. The molecule has 0 spiro atoms. The maximum atomic E-state index is 10.5. The van der Waals surface area contributed by atoms with Crippen LogP contribution in [0.25, 0.3) is 0 Å². The molecule has 1 aromatic carbocycles. The van der Waals surface area contributed by atoms with E-state index in [1.807, 2.05) is 0 Å². The van der Waals surface area contributed by atoms with Crippen LogP contribution >= 0.6 is 0 Å². The summed E-state index contributed by atoms with van der Waals surface area (Å²) in [7, 11) is 0. The Morgan fingerprint density at radius 3 is 2.33 bits per heavy atom. The molecule has 0 atom stereocenters. The highest BCUT2D eigenvalue weighted by Gasteiger charge is 2.00. The molecule has 1 N–H and O–H groups in total. The number of carboxylic acids is 1. The fourth-order valence-electron chi connectivity index (χ4n) is 0.796. The van der Waals surface area contributed by atoms with E-state index in [9.17, 15) is 9.59 Å². The maximum absolute atomic E-state index is 10.5. The zero-order valence-corrected chi connectivity index (χ0v) is 7.88. The van der Waals surface area contributed by atoms with Crippen molar-refractivity contribution < 1.29 is 19.5 Å². The predicted molar refractivity (Wildman–Crippen MR) is 49.7 cm³/mol. The van der Waals surface area contributed by atoms with Crippen LogP contribution in [0, 0.1) is 0 Å². The minimum atomic E-state index is -1.02. The summed E-state index contributed by atoms with van der Waals surface area (Å²) in [5, 5.41) is 15.3. The molecule has 0 unspecified atom stereocenters. The third-order valence-electron chi connectivity index (χ3n) is 1.44. The van der Waals surface area contributed by atoms with Gasteiger partial charge in [0.25, 0.3) is 0 Å². The third kappa shape index (κ3) is 3.55. The summed E-state index contributed by atoms with van der Waals surface area (Å²) in [6.07, 6.45) is 0. The quantitative estimate of drug-likeness (QED) is 0.607. The number of carboxylic acid groups (broad SMARTS) is 1. The number of hydrogen-bond donors (Lipinski definition) is 1. The molecule has 0 aliphatic rings. The van der Waals surface area contributed by atoms with E-state index in [-0.39, 0.29) is 5.56 Å². The minimum absolute atomic E-state index is 0.154. The lowest BCUT2D eigenvalue weighted by molar-refractivity contribution is -0.141. The molecule has 0 bridgehead atoms. The van der Waals surface area contributed by atoms with Gasteiger partial charge in [-0.25, -0.2) is 9.59 Å². The first-order chi connectivity index (χ1) is 7.09. The van der Waals surface area contributed by atoms with Crippen molar-refractivity contribution in [3.05, 3.63) is 29.8 Å². The Bertz CT molecular complexity index is 397. The van der Waals surface area contributed by atoms with Crippen LogP contribution < -0.4 is 0 Å². The molecule has 0 radical (unpaired) electrons. The Kier molecular flexibility index (Phi) is 3.50. The first-order valence-corrected chi connectivity index (χ1v) is 4.01. The first-order valence-electron chi connectivity index (χ1n) is 4.01. The number of carbonyl (C=O) groups is 2. The van der Waals surface area contributed by atoms with Crippen LogP contribution in [-0.2, 0) is 9.63 Å². The Morgan fingerprint density at radius 1 is 1.27 bits per heavy atom. The number of aromatic carboxylic acids is 1. The Labute approximate surface area is 85.2 Å². The molecule has 6 heteroatoms. The lowest BCUT2D eigenvalue weighted by Gasteiger charge is -1.94. The molecule has 0 aliphatic heterocycles. The van der Waals surface area contributed by atoms with Crippen molar-refractivity contribution in [3.8, 4) is 0 Å². The van der Waals surface area contributed by atoms with E-state index in [0.29, 0.717) is 5.69 Å². The molecule has 1 rings (SSSR count). The van der Waals surface area contributed by atoms with Gasteiger partial charge in [-0.05, 0) is 24.3 Å². The molecule has 0 saturated heterocycles. The summed E-state index contributed by atoms with van der Waals surface area (Å²) in [5.74, 6) is -1.58. The van der Waals surface area contributed by atoms with Crippen molar-refractivity contribution in [1.29, 1.82) is 0 Å². The summed E-state index contributed by atoms with van der Waals surface area (Å²) in [6, 6.07) is 5.67. The SMILES string of the molecule is CC(=O)ON=Nc1ccc(C(=O)O)cc1. The van der Waals surface area contributed by atoms with E-state index in [4.69, 9.17) is 5.11 Å². The van der Waals surface area contributed by atoms with E-state index in [1.54, 1.807) is 0 Å². The smallest absolute Gasteiger partial charge is 0.335 e. The summed E-state index contributed by atoms with van der Waals surface area (Å²) in [6.45, 7) is 1.20. The summed E-state index contributed by atoms with van der Waals surface area (Å²) in [5.41, 5.74) is 0.558. The highest BCUT2D eigenvalue weighted by Crippen LogP contribution is 2.13. The van der Waals surface area contributed by atoms with Gasteiger partial charge in [0, 0.05) is 12.2 Å². The van der Waals surface area contributed by atoms with Crippen molar-refractivity contribution in [1.82, 2.24) is 0 Å². The summed E-state index contributed by atoms with van der Waals surface area (Å²) < 4.78 is 0. The summed E-state index contributed by atoms with van der Waals surface area (Å²) >= 11 is 0. The van der Waals surface area contributed by atoms with Gasteiger partial charge in [-0.1, -0.05) is 0 Å². The van der Waals surface area contributed by atoms with Crippen molar-refractivity contribution in [3.63, 3.8) is 0 Å². The van der Waals surface area contributed by atoms with Crippen LogP contribution in [0.15, 0.2) is 34.7 Å². The molecule has 1 aromatic rings. The average molecular weight is 208 g/mol. The van der Waals surface area contributed by atoms with Gasteiger partial charge in [-0.15, -0.1) is 5.11 Å². The number of hydrogen-bond acceptors (Lipinski definition) is 5. The van der Waals surface area contributed by atoms with E-state index >= 15 is 0 Å². The van der Waals surface area contributed by atoms with Crippen molar-refractivity contribution in [2.45, 2.75) is 6.92 Å². The van der Waals surface area contributed by atoms with Crippen LogP contribution in [0.4, 0.5) is 5.69 Å². The van der Waals surface area contributed by atoms with Gasteiger partial charge in [-0.3, -0.25) is 0 Å². The standard InChI is InChI=1S/C9H8N2O4/c1-6(12)15-11-10-8-4-2-7(3-5-8)9(13)14/h2-5H,1H3,(H,13,14). The van der Waals surface area contributed by atoms with Crippen LogP contribution in [0.5, 0.6) is 0 Å². The Balaban J connectivity index is 2.68. The van der Waals surface area contributed by atoms with Crippen molar-refractivity contribution in [2.75, 3.05) is 0 Å². The van der Waals surface area contributed by atoms with Gasteiger partial charge in [0.05, 0.1) is 11.3 Å². The van der Waals surface area contributed by atoms with Gasteiger partial charge < -0.3 is 9.94 Å². The van der Waals surface area contributed by atoms with Gasteiger partial charge >= 0.3 is 11.9 Å². The molecule has 0 heterocycles. The van der Waals surface area contributed by atoms with Crippen LogP contribution in [-0.4, -0.2) is 17.0 Å². The van der Waals surface area contributed by atoms with Crippen molar-refractivity contribution >= 4 is 17.6 Å². The monoisotopic (exact) mass is 208 g/mol. The second kappa shape index (κ2) is 4.85. The van der Waals surface area contributed by atoms with Crippen LogP contribution in [0.2, 0.25) is 0 Å². The molecule has 0 aliphatic carbocycles. The van der Waals surface area contributed by atoms with Gasteiger partial charge in [0.15, 0.2) is 0 Å². The fraction of sp³-hybridized carbons (Fsp3) is 0.111. The molecular weight excluding hydrogens is 200 g/mol. The average Bonchev–Trinajstić information content (AvgIpc) is 2.18. The minimum Gasteiger partial charge on any atom is -0.478 e. The Morgan fingerprint density at radius 2 is 1.87 bits per heavy atom. The molecule has 0 saturated carbocycles. The predicted octanol–water partition coefficient (Wildman–Crippen LogP) is 1.95. The maximum Gasteiger partial charge on any atom is 0.335 e. The fourth-order valence-corrected chi connectivity index (χ4v) is 0.796. The molecule has 78 valence electrons. The second-order valence-electron chi connectivity index (χ2n) is 2.62. The van der Waals surface area contributed by atoms with Crippen LogP contribution in [0.1, 0.15) is 17.3 Å².